The number of nitrogens with zero attached hydrogens (tertiary/aromatic N) is 2. The van der Waals surface area contributed by atoms with E-state index in [2.05, 4.69) is 35.4 Å². The summed E-state index contributed by atoms with van der Waals surface area (Å²) in [7, 11) is 0. The molecule has 0 saturated carbocycles. The van der Waals surface area contributed by atoms with E-state index >= 15 is 0 Å². The van der Waals surface area contributed by atoms with Gasteiger partial charge in [0.25, 0.3) is 0 Å². The van der Waals surface area contributed by atoms with Crippen molar-refractivity contribution in [2.75, 3.05) is 0 Å². The van der Waals surface area contributed by atoms with Crippen molar-refractivity contribution in [2.24, 2.45) is 0 Å². The highest BCUT2D eigenvalue weighted by Gasteiger charge is 2.07. The largest absolute Gasteiger partial charge is 0.310 e. The van der Waals surface area contributed by atoms with E-state index in [9.17, 15) is 0 Å². The summed E-state index contributed by atoms with van der Waals surface area (Å²) in [4.78, 5) is 0. The molecule has 4 heteroatoms. The maximum absolute atomic E-state index is 8.78. The highest BCUT2D eigenvalue weighted by Crippen LogP contribution is 2.21. The van der Waals surface area contributed by atoms with E-state index in [0.29, 0.717) is 11.6 Å². The first-order chi connectivity index (χ1) is 8.70. The number of H-pyrrole nitrogens is 1. The average molecular weight is 240 g/mol. The van der Waals surface area contributed by atoms with Crippen LogP contribution in [0.4, 0.5) is 0 Å². The highest BCUT2D eigenvalue weighted by molar-refractivity contribution is 5.63. The summed E-state index contributed by atoms with van der Waals surface area (Å²) in [5, 5.41) is 19.2. The molecule has 0 aliphatic carbocycles. The number of nitrogens with one attached hydrogen (secondary N) is 2. The van der Waals surface area contributed by atoms with E-state index in [1.807, 2.05) is 30.5 Å². The van der Waals surface area contributed by atoms with Crippen molar-refractivity contribution in [3.8, 4) is 17.3 Å². The van der Waals surface area contributed by atoms with Gasteiger partial charge >= 0.3 is 0 Å². The molecule has 2 rings (SSSR count). The Labute approximate surface area is 107 Å². The number of benzene rings is 1. The lowest BCUT2D eigenvalue weighted by Gasteiger charge is -2.08. The third kappa shape index (κ3) is 2.76. The molecule has 0 amide bonds. The van der Waals surface area contributed by atoms with E-state index in [4.69, 9.17) is 5.26 Å². The van der Waals surface area contributed by atoms with Crippen molar-refractivity contribution < 1.29 is 0 Å². The molecule has 0 atom stereocenters. The van der Waals surface area contributed by atoms with Gasteiger partial charge < -0.3 is 5.32 Å². The predicted molar refractivity (Wildman–Crippen MR) is 70.7 cm³/mol. The maximum atomic E-state index is 8.78. The van der Waals surface area contributed by atoms with Gasteiger partial charge in [0.2, 0.25) is 0 Å². The van der Waals surface area contributed by atoms with Crippen molar-refractivity contribution >= 4 is 0 Å². The standard InChI is InChI=1S/C14H16N4/c1-10(2)16-8-13-9-17-18-14(13)12-5-3-11(7-15)4-6-12/h3-6,9-10,16H,8H2,1-2H3,(H,17,18). The molecule has 4 nitrogen and oxygen atoms in total. The molecule has 0 radical (unpaired) electrons. The Morgan fingerprint density at radius 3 is 2.67 bits per heavy atom. The molecule has 1 aromatic carbocycles. The Morgan fingerprint density at radius 2 is 2.06 bits per heavy atom. The fourth-order valence-electron chi connectivity index (χ4n) is 1.72. The molecule has 0 saturated heterocycles. The number of nitriles is 1. The summed E-state index contributed by atoms with van der Waals surface area (Å²) < 4.78 is 0. The van der Waals surface area contributed by atoms with Crippen molar-refractivity contribution in [3.05, 3.63) is 41.6 Å². The monoisotopic (exact) mass is 240 g/mol. The van der Waals surface area contributed by atoms with Crippen LogP contribution in [-0.2, 0) is 6.54 Å². The van der Waals surface area contributed by atoms with Crippen LogP contribution in [0.3, 0.4) is 0 Å². The molecule has 2 N–H and O–H groups in total. The first-order valence-electron chi connectivity index (χ1n) is 5.97. The van der Waals surface area contributed by atoms with Gasteiger partial charge in [-0.25, -0.2) is 0 Å². The van der Waals surface area contributed by atoms with Gasteiger partial charge in [-0.3, -0.25) is 5.10 Å². The fourth-order valence-corrected chi connectivity index (χ4v) is 1.72. The van der Waals surface area contributed by atoms with Gasteiger partial charge in [-0.1, -0.05) is 26.0 Å². The number of aromatic amines is 1. The molecular weight excluding hydrogens is 224 g/mol. The SMILES string of the molecule is CC(C)NCc1cn[nH]c1-c1ccc(C#N)cc1. The van der Waals surface area contributed by atoms with E-state index in [1.165, 1.54) is 0 Å². The van der Waals surface area contributed by atoms with Crippen molar-refractivity contribution in [1.29, 1.82) is 5.26 Å². The van der Waals surface area contributed by atoms with Crippen LogP contribution in [-0.4, -0.2) is 16.2 Å². The van der Waals surface area contributed by atoms with Gasteiger partial charge in [-0.05, 0) is 17.7 Å². The molecule has 0 bridgehead atoms. The number of aromatic nitrogens is 2. The zero-order chi connectivity index (χ0) is 13.0. The third-order valence-corrected chi connectivity index (χ3v) is 2.72. The zero-order valence-electron chi connectivity index (χ0n) is 10.6. The molecular formula is C14H16N4. The van der Waals surface area contributed by atoms with Crippen LogP contribution in [0.2, 0.25) is 0 Å². The van der Waals surface area contributed by atoms with Gasteiger partial charge in [0.15, 0.2) is 0 Å². The summed E-state index contributed by atoms with van der Waals surface area (Å²) in [6.07, 6.45) is 1.84. The molecule has 92 valence electrons. The van der Waals surface area contributed by atoms with Crippen LogP contribution in [0, 0.1) is 11.3 Å². The Hall–Kier alpha value is -2.12. The predicted octanol–water partition coefficient (Wildman–Crippen LogP) is 2.45. The summed E-state index contributed by atoms with van der Waals surface area (Å²) in [6, 6.07) is 10.1. The Morgan fingerprint density at radius 1 is 1.33 bits per heavy atom. The lowest BCUT2D eigenvalue weighted by atomic mass is 10.1. The molecule has 0 aliphatic rings. The second-order valence-electron chi connectivity index (χ2n) is 4.49. The summed E-state index contributed by atoms with van der Waals surface area (Å²) in [6.45, 7) is 5.01. The first-order valence-corrected chi connectivity index (χ1v) is 5.97. The van der Waals surface area contributed by atoms with Crippen molar-refractivity contribution in [3.63, 3.8) is 0 Å². The third-order valence-electron chi connectivity index (χ3n) is 2.72. The molecule has 0 aliphatic heterocycles. The van der Waals surface area contributed by atoms with E-state index in [-0.39, 0.29) is 0 Å². The maximum Gasteiger partial charge on any atom is 0.0991 e. The smallest absolute Gasteiger partial charge is 0.0991 e. The highest BCUT2D eigenvalue weighted by atomic mass is 15.1. The Kier molecular flexibility index (Phi) is 3.75. The molecule has 2 aromatic rings. The second-order valence-corrected chi connectivity index (χ2v) is 4.49. The van der Waals surface area contributed by atoms with E-state index in [1.54, 1.807) is 0 Å². The molecule has 18 heavy (non-hydrogen) atoms. The van der Waals surface area contributed by atoms with Crippen LogP contribution in [0.1, 0.15) is 25.0 Å². The number of rotatable bonds is 4. The molecule has 0 unspecified atom stereocenters. The minimum atomic E-state index is 0.439. The van der Waals surface area contributed by atoms with Crippen LogP contribution in [0.25, 0.3) is 11.3 Å². The van der Waals surface area contributed by atoms with Crippen LogP contribution >= 0.6 is 0 Å². The number of hydrogen-bond donors (Lipinski definition) is 2. The second kappa shape index (κ2) is 5.48. The minimum Gasteiger partial charge on any atom is -0.310 e. The Balaban J connectivity index is 2.22. The van der Waals surface area contributed by atoms with Crippen LogP contribution < -0.4 is 5.32 Å². The topological polar surface area (TPSA) is 64.5 Å². The Bertz CT molecular complexity index is 546. The summed E-state index contributed by atoms with van der Waals surface area (Å²) in [5.74, 6) is 0. The fraction of sp³-hybridized carbons (Fsp3) is 0.286. The molecule has 0 fully saturated rings. The molecule has 1 heterocycles. The van der Waals surface area contributed by atoms with Crippen LogP contribution in [0.5, 0.6) is 0 Å². The van der Waals surface area contributed by atoms with Gasteiger partial charge in [0, 0.05) is 18.2 Å². The molecule has 1 aromatic heterocycles. The van der Waals surface area contributed by atoms with Gasteiger partial charge in [-0.15, -0.1) is 0 Å². The summed E-state index contributed by atoms with van der Waals surface area (Å²) in [5.41, 5.74) is 3.85. The lowest BCUT2D eigenvalue weighted by Crippen LogP contribution is -2.21. The van der Waals surface area contributed by atoms with E-state index in [0.717, 1.165) is 23.4 Å². The van der Waals surface area contributed by atoms with Gasteiger partial charge in [0.1, 0.15) is 0 Å². The van der Waals surface area contributed by atoms with Crippen LogP contribution in [0.15, 0.2) is 30.5 Å². The minimum absolute atomic E-state index is 0.439. The molecule has 0 spiro atoms. The summed E-state index contributed by atoms with van der Waals surface area (Å²) >= 11 is 0. The van der Waals surface area contributed by atoms with Crippen molar-refractivity contribution in [2.45, 2.75) is 26.4 Å². The lowest BCUT2D eigenvalue weighted by molar-refractivity contribution is 0.589. The quantitative estimate of drug-likeness (QED) is 0.862. The number of hydrogen-bond acceptors (Lipinski definition) is 3. The average Bonchev–Trinajstić information content (AvgIpc) is 2.85. The van der Waals surface area contributed by atoms with Crippen molar-refractivity contribution in [1.82, 2.24) is 15.5 Å². The first kappa shape index (κ1) is 12.3. The zero-order valence-corrected chi connectivity index (χ0v) is 10.6. The normalized spacial score (nSPS) is 10.6. The van der Waals surface area contributed by atoms with Gasteiger partial charge in [-0.2, -0.15) is 10.4 Å². The van der Waals surface area contributed by atoms with E-state index < -0.39 is 0 Å². The van der Waals surface area contributed by atoms with Gasteiger partial charge in [0.05, 0.1) is 23.5 Å².